The molecule has 0 amide bonds. The molecule has 4 aliphatic carbocycles. The Kier molecular flexibility index (Phi) is 2.35. The molecule has 4 aliphatic rings. The van der Waals surface area contributed by atoms with Gasteiger partial charge in [0.1, 0.15) is 0 Å². The van der Waals surface area contributed by atoms with Gasteiger partial charge in [0, 0.05) is 10.6 Å². The molecule has 0 aromatic heterocycles. The standard InChI is InChI=1S/C17H22ClN/c1-11-2-3-14(5-15(11)19)16-6-12-4-13(7-16)9-17(18,8-12)10-16/h2-3,5,12-13H,4,6-10,19H2,1H3. The summed E-state index contributed by atoms with van der Waals surface area (Å²) >= 11 is 6.91. The summed E-state index contributed by atoms with van der Waals surface area (Å²) < 4.78 is 0. The van der Waals surface area contributed by atoms with E-state index in [9.17, 15) is 0 Å². The molecule has 2 atom stereocenters. The minimum absolute atomic E-state index is 0.0870. The summed E-state index contributed by atoms with van der Waals surface area (Å²) in [6.07, 6.45) is 7.73. The summed E-state index contributed by atoms with van der Waals surface area (Å²) in [6, 6.07) is 6.71. The van der Waals surface area contributed by atoms with Gasteiger partial charge < -0.3 is 5.73 Å². The molecule has 0 saturated heterocycles. The number of rotatable bonds is 1. The van der Waals surface area contributed by atoms with Crippen LogP contribution in [0.15, 0.2) is 18.2 Å². The fraction of sp³-hybridized carbons (Fsp3) is 0.647. The minimum atomic E-state index is 0.0870. The van der Waals surface area contributed by atoms with Gasteiger partial charge in [-0.05, 0) is 79.9 Å². The monoisotopic (exact) mass is 275 g/mol. The Morgan fingerprint density at radius 3 is 2.42 bits per heavy atom. The van der Waals surface area contributed by atoms with Crippen LogP contribution in [0.4, 0.5) is 5.69 Å². The highest BCUT2D eigenvalue weighted by Crippen LogP contribution is 2.64. The van der Waals surface area contributed by atoms with E-state index < -0.39 is 0 Å². The number of benzene rings is 1. The van der Waals surface area contributed by atoms with Gasteiger partial charge in [-0.1, -0.05) is 12.1 Å². The summed E-state index contributed by atoms with van der Waals surface area (Å²) in [5.74, 6) is 1.70. The Balaban J connectivity index is 1.79. The molecule has 0 heterocycles. The summed E-state index contributed by atoms with van der Waals surface area (Å²) in [4.78, 5) is 0.0870. The maximum Gasteiger partial charge on any atom is 0.0460 e. The molecule has 1 aromatic rings. The summed E-state index contributed by atoms with van der Waals surface area (Å²) in [5, 5.41) is 0. The maximum absolute atomic E-state index is 6.91. The molecule has 1 aromatic carbocycles. The van der Waals surface area contributed by atoms with E-state index >= 15 is 0 Å². The molecule has 2 unspecified atom stereocenters. The van der Waals surface area contributed by atoms with Crippen molar-refractivity contribution < 1.29 is 0 Å². The quantitative estimate of drug-likeness (QED) is 0.596. The van der Waals surface area contributed by atoms with Gasteiger partial charge in [-0.3, -0.25) is 0 Å². The molecular weight excluding hydrogens is 254 g/mol. The molecule has 2 heteroatoms. The molecule has 4 bridgehead atoms. The molecule has 5 rings (SSSR count). The lowest BCUT2D eigenvalue weighted by Gasteiger charge is -2.60. The average Bonchev–Trinajstić information content (AvgIpc) is 2.29. The number of alkyl halides is 1. The fourth-order valence-corrected chi connectivity index (χ4v) is 6.15. The van der Waals surface area contributed by atoms with Gasteiger partial charge in [-0.25, -0.2) is 0 Å². The van der Waals surface area contributed by atoms with Crippen molar-refractivity contribution in [3.63, 3.8) is 0 Å². The molecule has 0 radical (unpaired) electrons. The first-order chi connectivity index (χ1) is 8.98. The van der Waals surface area contributed by atoms with E-state index in [-0.39, 0.29) is 4.87 Å². The van der Waals surface area contributed by atoms with Crippen LogP contribution in [0.25, 0.3) is 0 Å². The second kappa shape index (κ2) is 3.69. The third kappa shape index (κ3) is 1.74. The van der Waals surface area contributed by atoms with Gasteiger partial charge in [0.25, 0.3) is 0 Å². The third-order valence-electron chi connectivity index (χ3n) is 5.88. The van der Waals surface area contributed by atoms with Crippen LogP contribution in [-0.4, -0.2) is 4.87 Å². The second-order valence-electron chi connectivity index (χ2n) is 7.46. The lowest BCUT2D eigenvalue weighted by molar-refractivity contribution is 0.00901. The first kappa shape index (κ1) is 12.1. The first-order valence-corrected chi connectivity index (χ1v) is 7.91. The first-order valence-electron chi connectivity index (χ1n) is 7.54. The van der Waals surface area contributed by atoms with E-state index in [4.69, 9.17) is 17.3 Å². The Morgan fingerprint density at radius 1 is 1.16 bits per heavy atom. The number of nitrogen functional groups attached to an aromatic ring is 1. The zero-order valence-corrected chi connectivity index (χ0v) is 12.3. The number of anilines is 1. The van der Waals surface area contributed by atoms with Crippen molar-refractivity contribution in [2.75, 3.05) is 5.73 Å². The number of nitrogens with two attached hydrogens (primary N) is 1. The minimum Gasteiger partial charge on any atom is -0.399 e. The summed E-state index contributed by atoms with van der Waals surface area (Å²) in [7, 11) is 0. The van der Waals surface area contributed by atoms with Crippen LogP contribution >= 0.6 is 11.6 Å². The van der Waals surface area contributed by atoms with Gasteiger partial charge in [0.05, 0.1) is 0 Å². The SMILES string of the molecule is Cc1ccc(C23CC4CC(CC(Cl)(C4)C2)C3)cc1N. The molecule has 1 nitrogen and oxygen atoms in total. The lowest BCUT2D eigenvalue weighted by atomic mass is 9.47. The topological polar surface area (TPSA) is 26.0 Å². The highest BCUT2D eigenvalue weighted by atomic mass is 35.5. The van der Waals surface area contributed by atoms with Crippen LogP contribution in [0.2, 0.25) is 0 Å². The fourth-order valence-electron chi connectivity index (χ4n) is 5.46. The molecule has 19 heavy (non-hydrogen) atoms. The van der Waals surface area contributed by atoms with E-state index in [2.05, 4.69) is 25.1 Å². The molecule has 4 fully saturated rings. The largest absolute Gasteiger partial charge is 0.399 e. The Bertz CT molecular complexity index is 522. The van der Waals surface area contributed by atoms with Crippen molar-refractivity contribution in [3.05, 3.63) is 29.3 Å². The van der Waals surface area contributed by atoms with Crippen LogP contribution in [0.5, 0.6) is 0 Å². The summed E-state index contributed by atoms with van der Waals surface area (Å²) in [5.41, 5.74) is 10.1. The number of hydrogen-bond acceptors (Lipinski definition) is 1. The molecule has 102 valence electrons. The van der Waals surface area contributed by atoms with Crippen molar-refractivity contribution >= 4 is 17.3 Å². The summed E-state index contributed by atoms with van der Waals surface area (Å²) in [6.45, 7) is 2.09. The van der Waals surface area contributed by atoms with E-state index in [1.54, 1.807) is 0 Å². The van der Waals surface area contributed by atoms with Crippen molar-refractivity contribution in [2.45, 2.75) is 55.7 Å². The molecule has 0 aliphatic heterocycles. The number of aryl methyl sites for hydroxylation is 1. The van der Waals surface area contributed by atoms with Crippen molar-refractivity contribution in [3.8, 4) is 0 Å². The van der Waals surface area contributed by atoms with Crippen LogP contribution in [0.3, 0.4) is 0 Å². The van der Waals surface area contributed by atoms with Gasteiger partial charge in [0.15, 0.2) is 0 Å². The highest BCUT2D eigenvalue weighted by Gasteiger charge is 2.57. The third-order valence-corrected chi connectivity index (χ3v) is 6.32. The van der Waals surface area contributed by atoms with Gasteiger partial charge in [-0.2, -0.15) is 0 Å². The van der Waals surface area contributed by atoms with Crippen LogP contribution in [0, 0.1) is 18.8 Å². The van der Waals surface area contributed by atoms with Crippen LogP contribution in [0.1, 0.15) is 49.7 Å². The maximum atomic E-state index is 6.91. The number of halogens is 1. The lowest BCUT2D eigenvalue weighted by Crippen LogP contribution is -2.55. The molecule has 4 saturated carbocycles. The Hall–Kier alpha value is -0.690. The van der Waals surface area contributed by atoms with E-state index in [0.29, 0.717) is 5.41 Å². The zero-order valence-electron chi connectivity index (χ0n) is 11.6. The Labute approximate surface area is 120 Å². The number of hydrogen-bond donors (Lipinski definition) is 1. The predicted octanol–water partition coefficient (Wildman–Crippen LogP) is 4.41. The van der Waals surface area contributed by atoms with E-state index in [0.717, 1.165) is 23.9 Å². The normalized spacial score (nSPS) is 43.7. The zero-order chi connectivity index (χ0) is 13.3. The van der Waals surface area contributed by atoms with Crippen LogP contribution < -0.4 is 5.73 Å². The van der Waals surface area contributed by atoms with Crippen molar-refractivity contribution in [1.82, 2.24) is 0 Å². The van der Waals surface area contributed by atoms with E-state index in [1.165, 1.54) is 43.2 Å². The predicted molar refractivity (Wildman–Crippen MR) is 80.5 cm³/mol. The molecular formula is C17H22ClN. The van der Waals surface area contributed by atoms with Crippen molar-refractivity contribution in [1.29, 1.82) is 0 Å². The van der Waals surface area contributed by atoms with Crippen molar-refractivity contribution in [2.24, 2.45) is 11.8 Å². The smallest absolute Gasteiger partial charge is 0.0460 e. The van der Waals surface area contributed by atoms with Crippen LogP contribution in [-0.2, 0) is 5.41 Å². The van der Waals surface area contributed by atoms with Gasteiger partial charge in [-0.15, -0.1) is 11.6 Å². The molecule has 0 spiro atoms. The highest BCUT2D eigenvalue weighted by molar-refractivity contribution is 6.24. The van der Waals surface area contributed by atoms with E-state index in [1.807, 2.05) is 0 Å². The second-order valence-corrected chi connectivity index (χ2v) is 8.27. The molecule has 2 N–H and O–H groups in total. The van der Waals surface area contributed by atoms with Gasteiger partial charge in [0.2, 0.25) is 0 Å². The average molecular weight is 276 g/mol. The van der Waals surface area contributed by atoms with Gasteiger partial charge >= 0.3 is 0 Å². The Morgan fingerprint density at radius 2 is 1.84 bits per heavy atom.